The van der Waals surface area contributed by atoms with Gasteiger partial charge in [-0.25, -0.2) is 4.39 Å². The summed E-state index contributed by atoms with van der Waals surface area (Å²) in [7, 11) is 1.56. The van der Waals surface area contributed by atoms with E-state index in [9.17, 15) is 14.0 Å². The van der Waals surface area contributed by atoms with Crippen molar-refractivity contribution in [1.82, 2.24) is 4.90 Å². The second-order valence-electron chi connectivity index (χ2n) is 4.31. The van der Waals surface area contributed by atoms with Crippen LogP contribution >= 0.6 is 0 Å². The Balaban J connectivity index is 2.56. The van der Waals surface area contributed by atoms with E-state index in [0.29, 0.717) is 13.0 Å². The number of hydrogen-bond acceptors (Lipinski definition) is 3. The van der Waals surface area contributed by atoms with E-state index >= 15 is 0 Å². The van der Waals surface area contributed by atoms with E-state index in [1.54, 1.807) is 19.2 Å². The normalized spacial score (nSPS) is 12.4. The summed E-state index contributed by atoms with van der Waals surface area (Å²) in [5.41, 5.74) is 0.868. The molecule has 1 rings (SSSR count). The minimum Gasteiger partial charge on any atom is -0.481 e. The van der Waals surface area contributed by atoms with Crippen LogP contribution in [0.3, 0.4) is 0 Å². The minimum absolute atomic E-state index is 0.327. The maximum Gasteiger partial charge on any atom is 0.321 e. The Morgan fingerprint density at radius 3 is 2.32 bits per heavy atom. The summed E-state index contributed by atoms with van der Waals surface area (Å²) in [5.74, 6) is -2.64. The van der Waals surface area contributed by atoms with Gasteiger partial charge in [0.2, 0.25) is 0 Å². The van der Waals surface area contributed by atoms with Crippen molar-refractivity contribution in [3.63, 3.8) is 0 Å². The predicted octanol–water partition coefficient (Wildman–Crippen LogP) is 1.23. The number of rotatable bonds is 7. The Bertz CT molecular complexity index is 446. The monoisotopic (exact) mass is 269 g/mol. The van der Waals surface area contributed by atoms with E-state index in [0.717, 1.165) is 5.56 Å². The third-order valence-corrected chi connectivity index (χ3v) is 2.85. The molecule has 1 aromatic carbocycles. The molecule has 0 fully saturated rings. The summed E-state index contributed by atoms with van der Waals surface area (Å²) >= 11 is 0. The number of halogens is 1. The molecule has 0 aliphatic heterocycles. The number of carboxylic acid groups (broad SMARTS) is 2. The van der Waals surface area contributed by atoms with Crippen molar-refractivity contribution in [3.05, 3.63) is 35.6 Å². The first kappa shape index (κ1) is 15.1. The number of nitrogens with zero attached hydrogens (tertiary/aromatic N) is 1. The first-order valence-corrected chi connectivity index (χ1v) is 5.79. The molecule has 0 saturated heterocycles. The second-order valence-corrected chi connectivity index (χ2v) is 4.31. The molecule has 0 amide bonds. The van der Waals surface area contributed by atoms with Gasteiger partial charge in [0.25, 0.3) is 0 Å². The van der Waals surface area contributed by atoms with Gasteiger partial charge < -0.3 is 10.2 Å². The van der Waals surface area contributed by atoms with Crippen molar-refractivity contribution >= 4 is 11.9 Å². The predicted molar refractivity (Wildman–Crippen MR) is 66.4 cm³/mol. The van der Waals surface area contributed by atoms with Crippen molar-refractivity contribution in [2.45, 2.75) is 18.9 Å². The SMILES string of the molecule is CN(CCc1ccc(F)cc1)C(CC(=O)O)C(=O)O. The highest BCUT2D eigenvalue weighted by molar-refractivity contribution is 5.80. The van der Waals surface area contributed by atoms with Crippen LogP contribution < -0.4 is 0 Å². The van der Waals surface area contributed by atoms with Crippen LogP contribution in [0.1, 0.15) is 12.0 Å². The van der Waals surface area contributed by atoms with Crippen molar-refractivity contribution in [1.29, 1.82) is 0 Å². The van der Waals surface area contributed by atoms with E-state index < -0.39 is 24.4 Å². The molecule has 2 N–H and O–H groups in total. The molecule has 1 unspecified atom stereocenters. The Morgan fingerprint density at radius 2 is 1.84 bits per heavy atom. The molecule has 0 radical (unpaired) electrons. The second kappa shape index (κ2) is 6.84. The van der Waals surface area contributed by atoms with Crippen LogP contribution in [-0.4, -0.2) is 46.7 Å². The van der Waals surface area contributed by atoms with Gasteiger partial charge in [-0.15, -0.1) is 0 Å². The maximum atomic E-state index is 12.7. The number of aliphatic carboxylic acids is 2. The highest BCUT2D eigenvalue weighted by Gasteiger charge is 2.25. The Kier molecular flexibility index (Phi) is 5.44. The van der Waals surface area contributed by atoms with Gasteiger partial charge in [-0.3, -0.25) is 14.5 Å². The summed E-state index contributed by atoms with van der Waals surface area (Å²) in [5, 5.41) is 17.6. The quantitative estimate of drug-likeness (QED) is 0.778. The molecular formula is C13H16FNO4. The number of carboxylic acids is 2. The first-order valence-electron chi connectivity index (χ1n) is 5.79. The fourth-order valence-corrected chi connectivity index (χ4v) is 1.71. The van der Waals surface area contributed by atoms with Gasteiger partial charge in [0.15, 0.2) is 0 Å². The standard InChI is InChI=1S/C13H16FNO4/c1-15(11(13(18)19)8-12(16)17)7-6-9-2-4-10(14)5-3-9/h2-5,11H,6-8H2,1H3,(H,16,17)(H,18,19). The summed E-state index contributed by atoms with van der Waals surface area (Å²) in [4.78, 5) is 23.0. The Hall–Kier alpha value is -1.95. The molecule has 0 bridgehead atoms. The van der Waals surface area contributed by atoms with E-state index in [2.05, 4.69) is 0 Å². The zero-order chi connectivity index (χ0) is 14.4. The van der Waals surface area contributed by atoms with Gasteiger partial charge >= 0.3 is 11.9 Å². The summed E-state index contributed by atoms with van der Waals surface area (Å²) < 4.78 is 12.7. The van der Waals surface area contributed by atoms with Crippen molar-refractivity contribution in [3.8, 4) is 0 Å². The van der Waals surface area contributed by atoms with Crippen LogP contribution in [-0.2, 0) is 16.0 Å². The van der Waals surface area contributed by atoms with Crippen molar-refractivity contribution in [2.24, 2.45) is 0 Å². The van der Waals surface area contributed by atoms with E-state index in [-0.39, 0.29) is 5.82 Å². The number of benzene rings is 1. The number of carbonyl (C=O) groups is 2. The van der Waals surface area contributed by atoms with Gasteiger partial charge in [0.1, 0.15) is 11.9 Å². The molecule has 0 aromatic heterocycles. The molecule has 104 valence electrons. The molecule has 0 spiro atoms. The van der Waals surface area contributed by atoms with E-state index in [1.807, 2.05) is 0 Å². The van der Waals surface area contributed by atoms with Gasteiger partial charge in [-0.05, 0) is 31.2 Å². The van der Waals surface area contributed by atoms with Crippen molar-refractivity contribution in [2.75, 3.05) is 13.6 Å². The van der Waals surface area contributed by atoms with Crippen LogP contribution in [0.25, 0.3) is 0 Å². The molecule has 19 heavy (non-hydrogen) atoms. The number of hydrogen-bond donors (Lipinski definition) is 2. The van der Waals surface area contributed by atoms with Crippen LogP contribution in [0.15, 0.2) is 24.3 Å². The third kappa shape index (κ3) is 5.05. The molecule has 5 nitrogen and oxygen atoms in total. The van der Waals surface area contributed by atoms with Crippen molar-refractivity contribution < 1.29 is 24.2 Å². The zero-order valence-electron chi connectivity index (χ0n) is 10.5. The molecule has 1 aromatic rings. The average Bonchev–Trinajstić information content (AvgIpc) is 2.34. The molecule has 0 aliphatic carbocycles. The molecular weight excluding hydrogens is 253 g/mol. The fraction of sp³-hybridized carbons (Fsp3) is 0.385. The van der Waals surface area contributed by atoms with Gasteiger partial charge in [0.05, 0.1) is 6.42 Å². The van der Waals surface area contributed by atoms with Crippen LogP contribution in [0.5, 0.6) is 0 Å². The molecule has 0 aliphatic rings. The molecule has 0 heterocycles. The fourth-order valence-electron chi connectivity index (χ4n) is 1.71. The Morgan fingerprint density at radius 1 is 1.26 bits per heavy atom. The lowest BCUT2D eigenvalue weighted by molar-refractivity contribution is -0.149. The lowest BCUT2D eigenvalue weighted by atomic mass is 10.1. The highest BCUT2D eigenvalue weighted by atomic mass is 19.1. The molecule has 6 heteroatoms. The largest absolute Gasteiger partial charge is 0.481 e. The van der Waals surface area contributed by atoms with Gasteiger partial charge in [0, 0.05) is 6.54 Å². The lowest BCUT2D eigenvalue weighted by Crippen LogP contribution is -2.41. The van der Waals surface area contributed by atoms with E-state index in [1.165, 1.54) is 17.0 Å². The van der Waals surface area contributed by atoms with E-state index in [4.69, 9.17) is 10.2 Å². The molecule has 1 atom stereocenters. The lowest BCUT2D eigenvalue weighted by Gasteiger charge is -2.23. The van der Waals surface area contributed by atoms with Gasteiger partial charge in [-0.1, -0.05) is 12.1 Å². The topological polar surface area (TPSA) is 77.8 Å². The number of likely N-dealkylation sites (N-methyl/N-ethyl adjacent to an activating group) is 1. The van der Waals surface area contributed by atoms with Gasteiger partial charge in [-0.2, -0.15) is 0 Å². The smallest absolute Gasteiger partial charge is 0.321 e. The summed E-state index contributed by atoms with van der Waals surface area (Å²) in [6, 6.07) is 4.85. The summed E-state index contributed by atoms with van der Waals surface area (Å²) in [6.45, 7) is 0.385. The minimum atomic E-state index is -1.16. The zero-order valence-corrected chi connectivity index (χ0v) is 10.5. The summed E-state index contributed by atoms with van der Waals surface area (Å²) in [6.07, 6.45) is 0.0788. The van der Waals surface area contributed by atoms with Crippen LogP contribution in [0, 0.1) is 5.82 Å². The maximum absolute atomic E-state index is 12.7. The Labute approximate surface area is 110 Å². The third-order valence-electron chi connectivity index (χ3n) is 2.85. The highest BCUT2D eigenvalue weighted by Crippen LogP contribution is 2.07. The van der Waals surface area contributed by atoms with Crippen LogP contribution in [0.4, 0.5) is 4.39 Å². The van der Waals surface area contributed by atoms with Crippen LogP contribution in [0.2, 0.25) is 0 Å². The first-order chi connectivity index (χ1) is 8.90. The molecule has 0 saturated carbocycles. The average molecular weight is 269 g/mol.